The van der Waals surface area contributed by atoms with Crippen molar-refractivity contribution in [3.63, 3.8) is 0 Å². The number of hydrogen-bond donors (Lipinski definition) is 0. The van der Waals surface area contributed by atoms with E-state index in [9.17, 15) is 14.0 Å². The molecule has 1 aliphatic rings. The molecule has 2 heterocycles. The minimum atomic E-state index is -0.346. The van der Waals surface area contributed by atoms with Crippen LogP contribution in [-0.2, 0) is 30.7 Å². The third kappa shape index (κ3) is 2.92. The summed E-state index contributed by atoms with van der Waals surface area (Å²) in [7, 11) is 1.61. The molecule has 2 aromatic heterocycles. The van der Waals surface area contributed by atoms with Gasteiger partial charge in [-0.3, -0.25) is 14.2 Å². The second-order valence-electron chi connectivity index (χ2n) is 6.56. The predicted octanol–water partition coefficient (Wildman–Crippen LogP) is 2.74. The number of hydrogen-bond acceptors (Lipinski definition) is 4. The highest BCUT2D eigenvalue weighted by Gasteiger charge is 2.22. The van der Waals surface area contributed by atoms with Crippen molar-refractivity contribution in [1.82, 2.24) is 14.5 Å². The van der Waals surface area contributed by atoms with Gasteiger partial charge in [-0.1, -0.05) is 18.2 Å². The van der Waals surface area contributed by atoms with E-state index in [0.717, 1.165) is 29.7 Å². The van der Waals surface area contributed by atoms with Crippen LogP contribution in [0.4, 0.5) is 4.39 Å². The van der Waals surface area contributed by atoms with Crippen molar-refractivity contribution in [1.29, 1.82) is 0 Å². The molecule has 26 heavy (non-hydrogen) atoms. The van der Waals surface area contributed by atoms with Gasteiger partial charge < -0.3 is 4.90 Å². The molecule has 0 atom stereocenters. The van der Waals surface area contributed by atoms with Crippen LogP contribution in [0.25, 0.3) is 10.2 Å². The summed E-state index contributed by atoms with van der Waals surface area (Å²) in [5.41, 5.74) is 1.38. The fourth-order valence-corrected chi connectivity index (χ4v) is 4.59. The summed E-state index contributed by atoms with van der Waals surface area (Å²) in [4.78, 5) is 33.1. The van der Waals surface area contributed by atoms with Crippen LogP contribution in [0.15, 0.2) is 35.4 Å². The number of carbonyl (C=O) groups excluding carboxylic acids is 1. The molecule has 134 valence electrons. The van der Waals surface area contributed by atoms with E-state index < -0.39 is 0 Å². The minimum Gasteiger partial charge on any atom is -0.340 e. The Morgan fingerprint density at radius 1 is 1.35 bits per heavy atom. The van der Waals surface area contributed by atoms with E-state index in [1.165, 1.54) is 26.7 Å². The second-order valence-corrected chi connectivity index (χ2v) is 7.64. The molecule has 0 unspecified atom stereocenters. The second kappa shape index (κ2) is 6.64. The van der Waals surface area contributed by atoms with E-state index in [0.29, 0.717) is 10.9 Å². The Balaban J connectivity index is 1.57. The maximum atomic E-state index is 13.8. The summed E-state index contributed by atoms with van der Waals surface area (Å²) in [6.07, 6.45) is 4.40. The summed E-state index contributed by atoms with van der Waals surface area (Å²) >= 11 is 1.58. The molecular weight excluding hydrogens is 353 g/mol. The van der Waals surface area contributed by atoms with Gasteiger partial charge in [0.25, 0.3) is 5.56 Å². The summed E-state index contributed by atoms with van der Waals surface area (Å²) in [6, 6.07) is 6.36. The quantitative estimate of drug-likeness (QED) is 0.709. The molecule has 3 aromatic rings. The van der Waals surface area contributed by atoms with E-state index >= 15 is 0 Å². The van der Waals surface area contributed by atoms with E-state index in [1.807, 2.05) is 0 Å². The SMILES string of the molecule is CN(Cc1ccccc1F)C(=O)Cn1cnc2sc3c(c2c1=O)CCC3. The lowest BCUT2D eigenvalue weighted by atomic mass is 10.2. The predicted molar refractivity (Wildman–Crippen MR) is 98.8 cm³/mol. The number of halogens is 1. The van der Waals surface area contributed by atoms with Crippen LogP contribution >= 0.6 is 11.3 Å². The van der Waals surface area contributed by atoms with Gasteiger partial charge in [-0.15, -0.1) is 11.3 Å². The third-order valence-corrected chi connectivity index (χ3v) is 5.99. The van der Waals surface area contributed by atoms with Crippen LogP contribution in [-0.4, -0.2) is 27.4 Å². The van der Waals surface area contributed by atoms with E-state index in [1.54, 1.807) is 36.6 Å². The Bertz CT molecular complexity index is 1060. The zero-order chi connectivity index (χ0) is 18.3. The lowest BCUT2D eigenvalue weighted by Crippen LogP contribution is -2.34. The van der Waals surface area contributed by atoms with Crippen molar-refractivity contribution < 1.29 is 9.18 Å². The minimum absolute atomic E-state index is 0.0999. The highest BCUT2D eigenvalue weighted by atomic mass is 32.1. The Hall–Kier alpha value is -2.54. The maximum absolute atomic E-state index is 13.8. The first-order valence-corrected chi connectivity index (χ1v) is 9.33. The van der Waals surface area contributed by atoms with Crippen LogP contribution in [0.2, 0.25) is 0 Å². The molecular formula is C19H18FN3O2S. The van der Waals surface area contributed by atoms with Gasteiger partial charge in [0.05, 0.1) is 11.7 Å². The molecule has 0 spiro atoms. The molecule has 5 nitrogen and oxygen atoms in total. The highest BCUT2D eigenvalue weighted by Crippen LogP contribution is 2.34. The largest absolute Gasteiger partial charge is 0.340 e. The van der Waals surface area contributed by atoms with Crippen LogP contribution in [0, 0.1) is 5.82 Å². The molecule has 1 aromatic carbocycles. The third-order valence-electron chi connectivity index (χ3n) is 4.79. The molecule has 0 radical (unpaired) electrons. The molecule has 7 heteroatoms. The van der Waals surface area contributed by atoms with Crippen molar-refractivity contribution in [3.05, 3.63) is 62.8 Å². The van der Waals surface area contributed by atoms with Gasteiger partial charge in [-0.05, 0) is 30.9 Å². The Morgan fingerprint density at radius 2 is 2.15 bits per heavy atom. The van der Waals surface area contributed by atoms with E-state index in [4.69, 9.17) is 0 Å². The van der Waals surface area contributed by atoms with Gasteiger partial charge in [0.15, 0.2) is 0 Å². The van der Waals surface area contributed by atoms with Gasteiger partial charge in [-0.25, -0.2) is 9.37 Å². The number of rotatable bonds is 4. The topological polar surface area (TPSA) is 55.2 Å². The fourth-order valence-electron chi connectivity index (χ4n) is 3.37. The fraction of sp³-hybridized carbons (Fsp3) is 0.316. The molecule has 0 aliphatic heterocycles. The average molecular weight is 371 g/mol. The molecule has 4 rings (SSSR count). The number of benzene rings is 1. The number of aromatic nitrogens is 2. The number of amides is 1. The first kappa shape index (κ1) is 16.9. The number of fused-ring (bicyclic) bond motifs is 3. The van der Waals surface area contributed by atoms with Crippen LogP contribution < -0.4 is 5.56 Å². The Labute approximate surface area is 153 Å². The van der Waals surface area contributed by atoms with Crippen LogP contribution in [0.3, 0.4) is 0 Å². The van der Waals surface area contributed by atoms with Crippen molar-refractivity contribution in [2.45, 2.75) is 32.4 Å². The van der Waals surface area contributed by atoms with Gasteiger partial charge in [0.2, 0.25) is 5.91 Å². The number of aryl methyl sites for hydroxylation is 2. The highest BCUT2D eigenvalue weighted by molar-refractivity contribution is 7.18. The number of carbonyl (C=O) groups is 1. The molecule has 0 N–H and O–H groups in total. The summed E-state index contributed by atoms with van der Waals surface area (Å²) in [6.45, 7) is 0.0567. The number of thiophene rings is 1. The zero-order valence-corrected chi connectivity index (χ0v) is 15.2. The monoisotopic (exact) mass is 371 g/mol. The summed E-state index contributed by atoms with van der Waals surface area (Å²) in [5.74, 6) is -0.607. The van der Waals surface area contributed by atoms with Crippen molar-refractivity contribution in [3.8, 4) is 0 Å². The first-order chi connectivity index (χ1) is 12.5. The Kier molecular flexibility index (Phi) is 4.32. The Morgan fingerprint density at radius 3 is 2.96 bits per heavy atom. The molecule has 1 aliphatic carbocycles. The molecule has 0 saturated carbocycles. The van der Waals surface area contributed by atoms with Crippen molar-refractivity contribution in [2.75, 3.05) is 7.05 Å². The van der Waals surface area contributed by atoms with Crippen molar-refractivity contribution in [2.24, 2.45) is 0 Å². The van der Waals surface area contributed by atoms with Gasteiger partial charge in [0, 0.05) is 24.0 Å². The van der Waals surface area contributed by atoms with Crippen molar-refractivity contribution >= 4 is 27.5 Å². The summed E-state index contributed by atoms with van der Waals surface area (Å²) in [5, 5.41) is 0.662. The summed E-state index contributed by atoms with van der Waals surface area (Å²) < 4.78 is 15.1. The van der Waals surface area contributed by atoms with E-state index in [-0.39, 0.29) is 30.4 Å². The van der Waals surface area contributed by atoms with E-state index in [2.05, 4.69) is 4.98 Å². The molecule has 0 fully saturated rings. The number of likely N-dealkylation sites (N-methyl/N-ethyl adjacent to an activating group) is 1. The molecule has 0 bridgehead atoms. The normalized spacial score (nSPS) is 13.2. The standard InChI is InChI=1S/C19H18FN3O2S/c1-22(9-12-5-2-3-7-14(12)20)16(24)10-23-11-21-18-17(19(23)25)13-6-4-8-15(13)26-18/h2-3,5,7,11H,4,6,8-10H2,1H3. The van der Waals surface area contributed by atoms with Gasteiger partial charge in [-0.2, -0.15) is 0 Å². The lowest BCUT2D eigenvalue weighted by Gasteiger charge is -2.18. The lowest BCUT2D eigenvalue weighted by molar-refractivity contribution is -0.131. The maximum Gasteiger partial charge on any atom is 0.262 e. The number of nitrogens with zero attached hydrogens (tertiary/aromatic N) is 3. The molecule has 1 amide bonds. The smallest absolute Gasteiger partial charge is 0.262 e. The van der Waals surface area contributed by atoms with Gasteiger partial charge >= 0.3 is 0 Å². The average Bonchev–Trinajstić information content (AvgIpc) is 3.20. The molecule has 0 saturated heterocycles. The van der Waals surface area contributed by atoms with Crippen LogP contribution in [0.1, 0.15) is 22.4 Å². The first-order valence-electron chi connectivity index (χ1n) is 8.51. The zero-order valence-electron chi connectivity index (χ0n) is 14.4. The van der Waals surface area contributed by atoms with Gasteiger partial charge in [0.1, 0.15) is 17.2 Å². The van der Waals surface area contributed by atoms with Crippen LogP contribution in [0.5, 0.6) is 0 Å².